The Hall–Kier alpha value is 0.0100. The van der Waals surface area contributed by atoms with Crippen molar-refractivity contribution in [3.8, 4) is 0 Å². The van der Waals surface area contributed by atoms with E-state index in [1.807, 2.05) is 13.8 Å². The van der Waals surface area contributed by atoms with E-state index in [4.69, 9.17) is 0 Å². The molecule has 1 heterocycles. The second-order valence-corrected chi connectivity index (χ2v) is 5.91. The van der Waals surface area contributed by atoms with Gasteiger partial charge in [0.05, 0.1) is 0 Å². The first-order chi connectivity index (χ1) is 8.83. The van der Waals surface area contributed by atoms with Crippen LogP contribution in [0.2, 0.25) is 0 Å². The van der Waals surface area contributed by atoms with Gasteiger partial charge < -0.3 is 5.32 Å². The molecule has 2 aliphatic carbocycles. The Bertz CT molecular complexity index is 326. The minimum absolute atomic E-state index is 0. The third-order valence-electron chi connectivity index (χ3n) is 4.63. The Morgan fingerprint density at radius 3 is 2.53 bits per heavy atom. The first-order valence-electron chi connectivity index (χ1n) is 7.92. The minimum Gasteiger partial charge on any atom is -0.387 e. The Morgan fingerprint density at radius 1 is 1.21 bits per heavy atom. The van der Waals surface area contributed by atoms with Crippen LogP contribution in [0.4, 0.5) is 0 Å². The Labute approximate surface area is 136 Å². The van der Waals surface area contributed by atoms with Crippen LogP contribution in [-0.2, 0) is 0 Å². The van der Waals surface area contributed by atoms with E-state index in [1.165, 1.54) is 45.1 Å². The molecule has 3 rings (SSSR count). The van der Waals surface area contributed by atoms with Gasteiger partial charge in [0, 0.05) is 23.6 Å². The van der Waals surface area contributed by atoms with E-state index in [2.05, 4.69) is 30.5 Å². The van der Waals surface area contributed by atoms with E-state index >= 15 is 0 Å². The smallest absolute Gasteiger partial charge is 0.0235 e. The van der Waals surface area contributed by atoms with E-state index in [1.54, 1.807) is 5.70 Å². The molecular weight excluding hydrogens is 345 g/mol. The van der Waals surface area contributed by atoms with Gasteiger partial charge in [-0.3, -0.25) is 0 Å². The third-order valence-corrected chi connectivity index (χ3v) is 4.63. The van der Waals surface area contributed by atoms with Gasteiger partial charge in [-0.25, -0.2) is 0 Å². The molecule has 0 aromatic heterocycles. The lowest BCUT2D eigenvalue weighted by atomic mass is 9.75. The van der Waals surface area contributed by atoms with E-state index in [9.17, 15) is 0 Å². The average Bonchev–Trinajstić information content (AvgIpc) is 3.08. The Kier molecular flexibility index (Phi) is 6.92. The average molecular weight is 375 g/mol. The lowest BCUT2D eigenvalue weighted by molar-refractivity contribution is 0.270. The van der Waals surface area contributed by atoms with Crippen LogP contribution in [0.25, 0.3) is 0 Å². The number of halogens is 1. The van der Waals surface area contributed by atoms with E-state index < -0.39 is 0 Å². The molecule has 2 heteroatoms. The van der Waals surface area contributed by atoms with Crippen molar-refractivity contribution in [1.29, 1.82) is 0 Å². The van der Waals surface area contributed by atoms with Crippen LogP contribution in [0.15, 0.2) is 23.9 Å². The zero-order chi connectivity index (χ0) is 13.0. The van der Waals surface area contributed by atoms with Crippen molar-refractivity contribution < 1.29 is 0 Å². The molecular formula is C17H30IN. The standard InChI is InChI=1S/C15H23N.C2H6.HI/c1-2-6-12-9-13(12)14-10-15(11-16-14)7-4-3-5-8-15;1-2;/h2,6,10,12-13,16H,3-5,7-9,11H2,1H3;1-2H3;1H/b6-2-;;. The van der Waals surface area contributed by atoms with Crippen molar-refractivity contribution in [2.75, 3.05) is 6.54 Å². The largest absolute Gasteiger partial charge is 0.387 e. The zero-order valence-corrected chi connectivity index (χ0v) is 15.1. The monoisotopic (exact) mass is 375 g/mol. The Balaban J connectivity index is 0.000000576. The van der Waals surface area contributed by atoms with Crippen LogP contribution in [-0.4, -0.2) is 6.54 Å². The lowest BCUT2D eigenvalue weighted by Gasteiger charge is -2.30. The van der Waals surface area contributed by atoms with Crippen molar-refractivity contribution >= 4 is 24.0 Å². The quantitative estimate of drug-likeness (QED) is 0.511. The maximum Gasteiger partial charge on any atom is 0.0235 e. The first kappa shape index (κ1) is 17.1. The molecule has 2 unspecified atom stereocenters. The fourth-order valence-electron chi connectivity index (χ4n) is 3.56. The molecule has 1 spiro atoms. The molecule has 0 saturated heterocycles. The van der Waals surface area contributed by atoms with Gasteiger partial charge in [-0.15, -0.1) is 24.0 Å². The van der Waals surface area contributed by atoms with Crippen LogP contribution in [0.3, 0.4) is 0 Å². The van der Waals surface area contributed by atoms with Crippen LogP contribution in [0, 0.1) is 17.3 Å². The summed E-state index contributed by atoms with van der Waals surface area (Å²) in [6.07, 6.45) is 15.7. The van der Waals surface area contributed by atoms with E-state index in [0.717, 1.165) is 11.8 Å². The predicted octanol–water partition coefficient (Wildman–Crippen LogP) is 5.28. The summed E-state index contributed by atoms with van der Waals surface area (Å²) in [7, 11) is 0. The molecule has 0 bridgehead atoms. The molecule has 2 fully saturated rings. The van der Waals surface area contributed by atoms with Crippen molar-refractivity contribution in [3.05, 3.63) is 23.9 Å². The summed E-state index contributed by atoms with van der Waals surface area (Å²) in [5.41, 5.74) is 2.13. The molecule has 0 amide bonds. The molecule has 3 aliphatic rings. The maximum absolute atomic E-state index is 3.69. The second-order valence-electron chi connectivity index (χ2n) is 5.91. The summed E-state index contributed by atoms with van der Waals surface area (Å²) in [5.74, 6) is 1.67. The van der Waals surface area contributed by atoms with Crippen molar-refractivity contribution in [1.82, 2.24) is 5.32 Å². The molecule has 110 valence electrons. The molecule has 0 aromatic carbocycles. The summed E-state index contributed by atoms with van der Waals surface area (Å²) in [6, 6.07) is 0. The van der Waals surface area contributed by atoms with Gasteiger partial charge in [0.15, 0.2) is 0 Å². The van der Waals surface area contributed by atoms with Crippen LogP contribution in [0.5, 0.6) is 0 Å². The minimum atomic E-state index is 0. The van der Waals surface area contributed by atoms with Crippen molar-refractivity contribution in [3.63, 3.8) is 0 Å². The molecule has 0 radical (unpaired) electrons. The summed E-state index contributed by atoms with van der Waals surface area (Å²) in [5, 5.41) is 3.69. The van der Waals surface area contributed by atoms with Crippen LogP contribution < -0.4 is 5.32 Å². The van der Waals surface area contributed by atoms with Crippen molar-refractivity contribution in [2.24, 2.45) is 17.3 Å². The fourth-order valence-corrected chi connectivity index (χ4v) is 3.56. The number of hydrogen-bond acceptors (Lipinski definition) is 1. The topological polar surface area (TPSA) is 12.0 Å². The number of rotatable bonds is 2. The van der Waals surface area contributed by atoms with Crippen LogP contribution in [0.1, 0.15) is 59.3 Å². The van der Waals surface area contributed by atoms with Gasteiger partial charge in [0.2, 0.25) is 0 Å². The molecule has 2 atom stereocenters. The zero-order valence-electron chi connectivity index (χ0n) is 12.7. The highest BCUT2D eigenvalue weighted by atomic mass is 127. The molecule has 1 nitrogen and oxygen atoms in total. The van der Waals surface area contributed by atoms with Gasteiger partial charge in [0.1, 0.15) is 0 Å². The first-order valence-corrected chi connectivity index (χ1v) is 7.92. The van der Waals surface area contributed by atoms with E-state index in [0.29, 0.717) is 5.41 Å². The van der Waals surface area contributed by atoms with Gasteiger partial charge in [-0.05, 0) is 32.1 Å². The highest BCUT2D eigenvalue weighted by Crippen LogP contribution is 2.49. The van der Waals surface area contributed by atoms with Crippen molar-refractivity contribution in [2.45, 2.75) is 59.3 Å². The van der Waals surface area contributed by atoms with Gasteiger partial charge in [-0.2, -0.15) is 0 Å². The SMILES string of the molecule is C/C=C\C1CC1C1=CC2(CCCCC2)CN1.CC.I. The van der Waals surface area contributed by atoms with E-state index in [-0.39, 0.29) is 24.0 Å². The molecule has 0 aromatic rings. The van der Waals surface area contributed by atoms with Gasteiger partial charge >= 0.3 is 0 Å². The molecule has 19 heavy (non-hydrogen) atoms. The van der Waals surface area contributed by atoms with Gasteiger partial charge in [-0.1, -0.05) is 51.3 Å². The van der Waals surface area contributed by atoms with Gasteiger partial charge in [0.25, 0.3) is 0 Å². The maximum atomic E-state index is 3.69. The normalized spacial score (nSPS) is 31.0. The number of nitrogens with one attached hydrogen (secondary N) is 1. The summed E-state index contributed by atoms with van der Waals surface area (Å²) >= 11 is 0. The number of allylic oxidation sites excluding steroid dienone is 3. The summed E-state index contributed by atoms with van der Waals surface area (Å²) < 4.78 is 0. The molecule has 2 saturated carbocycles. The fraction of sp³-hybridized carbons (Fsp3) is 0.765. The van der Waals surface area contributed by atoms with Crippen LogP contribution >= 0.6 is 24.0 Å². The summed E-state index contributed by atoms with van der Waals surface area (Å²) in [4.78, 5) is 0. The highest BCUT2D eigenvalue weighted by Gasteiger charge is 2.43. The molecule has 1 N–H and O–H groups in total. The molecule has 1 aliphatic heterocycles. The second kappa shape index (κ2) is 7.70. The highest BCUT2D eigenvalue weighted by molar-refractivity contribution is 14.0. The predicted molar refractivity (Wildman–Crippen MR) is 94.8 cm³/mol. The number of hydrogen-bond donors (Lipinski definition) is 1. The summed E-state index contributed by atoms with van der Waals surface area (Å²) in [6.45, 7) is 7.36. The third kappa shape index (κ3) is 3.99. The lowest BCUT2D eigenvalue weighted by Crippen LogP contribution is -2.27. The Morgan fingerprint density at radius 2 is 1.89 bits per heavy atom.